The van der Waals surface area contributed by atoms with E-state index in [2.05, 4.69) is 16.6 Å². The van der Waals surface area contributed by atoms with Crippen LogP contribution >= 0.6 is 0 Å². The molecule has 0 unspecified atom stereocenters. The average molecular weight is 200 g/mol. The fourth-order valence-electron chi connectivity index (χ4n) is 1.42. The number of benzene rings is 1. The maximum Gasteiger partial charge on any atom is 0.322 e. The van der Waals surface area contributed by atoms with Crippen LogP contribution in [0.15, 0.2) is 24.3 Å². The van der Waals surface area contributed by atoms with Crippen molar-refractivity contribution in [2.45, 2.75) is 6.04 Å². The molecule has 2 rings (SSSR count). The Labute approximate surface area is 86.7 Å². The highest BCUT2D eigenvalue weighted by atomic mass is 16.2. The topological polar surface area (TPSA) is 58.2 Å². The summed E-state index contributed by atoms with van der Waals surface area (Å²) in [5.74, 6) is 2.14. The van der Waals surface area contributed by atoms with Crippen molar-refractivity contribution in [3.05, 3.63) is 35.4 Å². The van der Waals surface area contributed by atoms with Gasteiger partial charge in [0.25, 0.3) is 5.91 Å². The minimum Gasteiger partial charge on any atom is -0.322 e. The summed E-state index contributed by atoms with van der Waals surface area (Å²) in [5, 5.41) is 4.67. The maximum absolute atomic E-state index is 11.3. The first kappa shape index (κ1) is 9.28. The molecule has 0 aromatic heterocycles. The lowest BCUT2D eigenvalue weighted by Crippen LogP contribution is -2.22. The number of rotatable bonds is 1. The van der Waals surface area contributed by atoms with Crippen LogP contribution in [-0.4, -0.2) is 11.9 Å². The zero-order valence-electron chi connectivity index (χ0n) is 7.78. The number of imide groups is 1. The zero-order chi connectivity index (χ0) is 10.8. The third-order valence-corrected chi connectivity index (χ3v) is 2.19. The van der Waals surface area contributed by atoms with E-state index in [-0.39, 0.29) is 5.91 Å². The number of carbonyl (C=O) groups is 2. The van der Waals surface area contributed by atoms with Crippen LogP contribution in [0.1, 0.15) is 17.2 Å². The van der Waals surface area contributed by atoms with Gasteiger partial charge in [-0.25, -0.2) is 4.79 Å². The second-order valence-corrected chi connectivity index (χ2v) is 3.16. The summed E-state index contributed by atoms with van der Waals surface area (Å²) in [5.41, 5.74) is 1.46. The minimum absolute atomic E-state index is 0.339. The van der Waals surface area contributed by atoms with Crippen molar-refractivity contribution in [1.82, 2.24) is 10.6 Å². The smallest absolute Gasteiger partial charge is 0.322 e. The molecule has 2 N–H and O–H groups in total. The molecule has 0 bridgehead atoms. The fraction of sp³-hybridized carbons (Fsp3) is 0.0909. The standard InChI is InChI=1S/C11H8N2O2/c1-2-7-3-5-8(6-4-7)9-10(14)13-11(15)12-9/h1,3-6,9H,(H2,12,13,14,15)/t9-/m0/s1. The van der Waals surface area contributed by atoms with Crippen LogP contribution in [0.4, 0.5) is 4.79 Å². The molecule has 0 radical (unpaired) electrons. The number of urea groups is 1. The quantitative estimate of drug-likeness (QED) is 0.513. The SMILES string of the molecule is C#Cc1ccc([C@@H]2NC(=O)NC2=O)cc1. The van der Waals surface area contributed by atoms with Gasteiger partial charge in [-0.1, -0.05) is 18.1 Å². The molecule has 4 heteroatoms. The number of carbonyl (C=O) groups excluding carboxylic acids is 2. The van der Waals surface area contributed by atoms with Gasteiger partial charge >= 0.3 is 6.03 Å². The second-order valence-electron chi connectivity index (χ2n) is 3.16. The summed E-state index contributed by atoms with van der Waals surface area (Å²) in [6.45, 7) is 0. The molecule has 1 aromatic rings. The van der Waals surface area contributed by atoms with Crippen molar-refractivity contribution >= 4 is 11.9 Å². The molecule has 3 amide bonds. The number of amides is 3. The van der Waals surface area contributed by atoms with Gasteiger partial charge in [0, 0.05) is 5.56 Å². The van der Waals surface area contributed by atoms with Gasteiger partial charge in [-0.15, -0.1) is 6.42 Å². The van der Waals surface area contributed by atoms with Crippen LogP contribution < -0.4 is 10.6 Å². The van der Waals surface area contributed by atoms with E-state index >= 15 is 0 Å². The van der Waals surface area contributed by atoms with Crippen molar-refractivity contribution in [3.63, 3.8) is 0 Å². The van der Waals surface area contributed by atoms with Gasteiger partial charge in [0.05, 0.1) is 0 Å². The van der Waals surface area contributed by atoms with Crippen LogP contribution in [0.3, 0.4) is 0 Å². The van der Waals surface area contributed by atoms with Crippen molar-refractivity contribution in [3.8, 4) is 12.3 Å². The Morgan fingerprint density at radius 1 is 1.20 bits per heavy atom. The van der Waals surface area contributed by atoms with E-state index in [0.717, 1.165) is 11.1 Å². The molecular formula is C11H8N2O2. The molecule has 1 fully saturated rings. The van der Waals surface area contributed by atoms with Gasteiger partial charge in [-0.05, 0) is 17.7 Å². The predicted octanol–water partition coefficient (Wildman–Crippen LogP) is 0.548. The summed E-state index contributed by atoms with van der Waals surface area (Å²) < 4.78 is 0. The van der Waals surface area contributed by atoms with Crippen LogP contribution in [0, 0.1) is 12.3 Å². The summed E-state index contributed by atoms with van der Waals surface area (Å²) in [6.07, 6.45) is 5.20. The van der Waals surface area contributed by atoms with E-state index in [4.69, 9.17) is 6.42 Å². The Bertz CT molecular complexity index is 456. The Morgan fingerprint density at radius 3 is 2.33 bits per heavy atom. The van der Waals surface area contributed by atoms with E-state index < -0.39 is 12.1 Å². The van der Waals surface area contributed by atoms with Gasteiger partial charge in [0.1, 0.15) is 6.04 Å². The molecule has 1 aliphatic heterocycles. The first-order valence-electron chi connectivity index (χ1n) is 4.38. The van der Waals surface area contributed by atoms with E-state index in [1.807, 2.05) is 0 Å². The van der Waals surface area contributed by atoms with E-state index in [1.54, 1.807) is 24.3 Å². The number of hydrogen-bond acceptors (Lipinski definition) is 2. The van der Waals surface area contributed by atoms with E-state index in [9.17, 15) is 9.59 Å². The van der Waals surface area contributed by atoms with E-state index in [0.29, 0.717) is 0 Å². The Balaban J connectivity index is 2.27. The van der Waals surface area contributed by atoms with Gasteiger partial charge in [-0.2, -0.15) is 0 Å². The first-order valence-corrected chi connectivity index (χ1v) is 4.38. The summed E-state index contributed by atoms with van der Waals surface area (Å²) in [6, 6.07) is 5.84. The van der Waals surface area contributed by atoms with Crippen molar-refractivity contribution in [2.75, 3.05) is 0 Å². The van der Waals surface area contributed by atoms with Gasteiger partial charge in [-0.3, -0.25) is 10.1 Å². The lowest BCUT2D eigenvalue weighted by molar-refractivity contribution is -0.120. The fourth-order valence-corrected chi connectivity index (χ4v) is 1.42. The lowest BCUT2D eigenvalue weighted by Gasteiger charge is -2.06. The van der Waals surface area contributed by atoms with Crippen molar-refractivity contribution in [2.24, 2.45) is 0 Å². The number of nitrogens with one attached hydrogen (secondary N) is 2. The Morgan fingerprint density at radius 2 is 1.87 bits per heavy atom. The number of hydrogen-bond donors (Lipinski definition) is 2. The first-order chi connectivity index (χ1) is 7.20. The molecule has 1 saturated heterocycles. The second kappa shape index (κ2) is 3.46. The molecule has 1 heterocycles. The largest absolute Gasteiger partial charge is 0.322 e. The normalized spacial score (nSPS) is 19.3. The summed E-state index contributed by atoms with van der Waals surface area (Å²) >= 11 is 0. The Kier molecular flexibility index (Phi) is 2.14. The molecule has 1 aromatic carbocycles. The summed E-state index contributed by atoms with van der Waals surface area (Å²) in [7, 11) is 0. The molecule has 0 spiro atoms. The minimum atomic E-state index is -0.607. The lowest BCUT2D eigenvalue weighted by atomic mass is 10.1. The van der Waals surface area contributed by atoms with Crippen LogP contribution in [-0.2, 0) is 4.79 Å². The van der Waals surface area contributed by atoms with Crippen LogP contribution in [0.2, 0.25) is 0 Å². The molecule has 4 nitrogen and oxygen atoms in total. The van der Waals surface area contributed by atoms with Crippen LogP contribution in [0.25, 0.3) is 0 Å². The maximum atomic E-state index is 11.3. The highest BCUT2D eigenvalue weighted by Crippen LogP contribution is 2.16. The van der Waals surface area contributed by atoms with Crippen LogP contribution in [0.5, 0.6) is 0 Å². The van der Waals surface area contributed by atoms with Crippen molar-refractivity contribution < 1.29 is 9.59 Å². The third-order valence-electron chi connectivity index (χ3n) is 2.19. The third kappa shape index (κ3) is 1.67. The molecule has 15 heavy (non-hydrogen) atoms. The highest BCUT2D eigenvalue weighted by Gasteiger charge is 2.30. The molecule has 1 atom stereocenters. The zero-order valence-corrected chi connectivity index (χ0v) is 7.78. The van der Waals surface area contributed by atoms with Gasteiger partial charge in [0.2, 0.25) is 0 Å². The summed E-state index contributed by atoms with van der Waals surface area (Å²) in [4.78, 5) is 22.2. The molecule has 74 valence electrons. The van der Waals surface area contributed by atoms with Gasteiger partial charge < -0.3 is 5.32 Å². The highest BCUT2D eigenvalue weighted by molar-refractivity contribution is 6.04. The molecule has 0 aliphatic carbocycles. The average Bonchev–Trinajstić information content (AvgIpc) is 2.58. The number of terminal acetylenes is 1. The molecular weight excluding hydrogens is 192 g/mol. The monoisotopic (exact) mass is 200 g/mol. The molecule has 0 saturated carbocycles. The molecule has 1 aliphatic rings. The van der Waals surface area contributed by atoms with E-state index in [1.165, 1.54) is 0 Å². The van der Waals surface area contributed by atoms with Gasteiger partial charge in [0.15, 0.2) is 0 Å². The van der Waals surface area contributed by atoms with Crippen molar-refractivity contribution in [1.29, 1.82) is 0 Å². The predicted molar refractivity (Wildman–Crippen MR) is 53.8 cm³/mol. The Hall–Kier alpha value is -2.28.